The average molecular weight is 239 g/mol. The molecule has 3 aromatic rings. The molecule has 0 aliphatic heterocycles. The molecule has 1 nitrogen and oxygen atoms in total. The molecular formula is C15H13NS. The van der Waals surface area contributed by atoms with Crippen LogP contribution in [-0.2, 0) is 0 Å². The second-order valence-electron chi connectivity index (χ2n) is 4.11. The van der Waals surface area contributed by atoms with E-state index in [1.54, 1.807) is 11.3 Å². The zero-order valence-electron chi connectivity index (χ0n) is 9.90. The number of pyridine rings is 1. The summed E-state index contributed by atoms with van der Waals surface area (Å²) in [5.74, 6) is 0. The number of nitrogens with zero attached hydrogens (tertiary/aromatic N) is 1. The summed E-state index contributed by atoms with van der Waals surface area (Å²) < 4.78 is 1.29. The Hall–Kier alpha value is -1.67. The van der Waals surface area contributed by atoms with E-state index in [2.05, 4.69) is 49.6 Å². The van der Waals surface area contributed by atoms with Crippen LogP contribution in [0.15, 0.2) is 41.8 Å². The molecule has 17 heavy (non-hydrogen) atoms. The molecule has 0 fully saturated rings. The zero-order valence-corrected chi connectivity index (χ0v) is 10.7. The van der Waals surface area contributed by atoms with E-state index in [0.717, 1.165) is 11.2 Å². The van der Waals surface area contributed by atoms with Gasteiger partial charge in [-0.25, -0.2) is 4.98 Å². The van der Waals surface area contributed by atoms with Crippen LogP contribution in [0.4, 0.5) is 0 Å². The smallest absolute Gasteiger partial charge is 0.0841 e. The van der Waals surface area contributed by atoms with Crippen LogP contribution < -0.4 is 0 Å². The van der Waals surface area contributed by atoms with Crippen molar-refractivity contribution < 1.29 is 0 Å². The highest BCUT2D eigenvalue weighted by Gasteiger charge is 2.09. The molecule has 0 aliphatic carbocycles. The number of hydrogen-bond acceptors (Lipinski definition) is 2. The highest BCUT2D eigenvalue weighted by atomic mass is 32.1. The van der Waals surface area contributed by atoms with Crippen molar-refractivity contribution >= 4 is 37.9 Å². The fraction of sp³-hybridized carbons (Fsp3) is 0.133. The maximum atomic E-state index is 4.79. The van der Waals surface area contributed by atoms with Crippen molar-refractivity contribution in [2.45, 2.75) is 13.8 Å². The van der Waals surface area contributed by atoms with Crippen molar-refractivity contribution in [3.63, 3.8) is 0 Å². The number of para-hydroxylation sites is 1. The Balaban J connectivity index is 2.52. The Morgan fingerprint density at radius 2 is 2.00 bits per heavy atom. The standard InChI is InChI=1S/C15H13NS/c1-3-10(2)14-15-12(8-9-17-15)11-6-4-5-7-13(11)16-14/h3-9H,1-2H3/b10-3+. The van der Waals surface area contributed by atoms with E-state index in [4.69, 9.17) is 4.98 Å². The third kappa shape index (κ3) is 1.56. The lowest BCUT2D eigenvalue weighted by molar-refractivity contribution is 1.37. The minimum absolute atomic E-state index is 1.08. The first-order valence-corrected chi connectivity index (χ1v) is 6.58. The van der Waals surface area contributed by atoms with Gasteiger partial charge in [-0.1, -0.05) is 24.3 Å². The summed E-state index contributed by atoms with van der Waals surface area (Å²) >= 11 is 1.77. The van der Waals surface area contributed by atoms with Crippen LogP contribution in [0.2, 0.25) is 0 Å². The number of benzene rings is 1. The molecule has 1 aromatic carbocycles. The Labute approximate surface area is 104 Å². The Bertz CT molecular complexity index is 722. The molecule has 0 bridgehead atoms. The minimum Gasteiger partial charge on any atom is -0.247 e. The van der Waals surface area contributed by atoms with E-state index in [1.165, 1.54) is 21.0 Å². The van der Waals surface area contributed by atoms with E-state index in [0.29, 0.717) is 0 Å². The largest absolute Gasteiger partial charge is 0.247 e. The van der Waals surface area contributed by atoms with Gasteiger partial charge in [-0.15, -0.1) is 11.3 Å². The number of aromatic nitrogens is 1. The lowest BCUT2D eigenvalue weighted by Crippen LogP contribution is -1.88. The van der Waals surface area contributed by atoms with Crippen LogP contribution in [0.25, 0.3) is 26.6 Å². The fourth-order valence-electron chi connectivity index (χ4n) is 2.08. The molecule has 2 heteroatoms. The Kier molecular flexibility index (Phi) is 2.45. The molecule has 0 saturated heterocycles. The summed E-state index contributed by atoms with van der Waals surface area (Å²) in [5, 5.41) is 4.71. The van der Waals surface area contributed by atoms with E-state index in [-0.39, 0.29) is 0 Å². The lowest BCUT2D eigenvalue weighted by Gasteiger charge is -2.06. The molecule has 2 aromatic heterocycles. The van der Waals surface area contributed by atoms with Gasteiger partial charge in [0.15, 0.2) is 0 Å². The first-order chi connectivity index (χ1) is 8.31. The number of fused-ring (bicyclic) bond motifs is 3. The summed E-state index contributed by atoms with van der Waals surface area (Å²) in [6.45, 7) is 4.18. The second kappa shape index (κ2) is 3.97. The van der Waals surface area contributed by atoms with Gasteiger partial charge in [0, 0.05) is 10.8 Å². The number of rotatable bonds is 1. The van der Waals surface area contributed by atoms with E-state index >= 15 is 0 Å². The van der Waals surface area contributed by atoms with Gasteiger partial charge in [0.2, 0.25) is 0 Å². The third-order valence-corrected chi connectivity index (χ3v) is 4.03. The van der Waals surface area contributed by atoms with Gasteiger partial charge in [-0.2, -0.15) is 0 Å². The first kappa shape index (κ1) is 10.5. The summed E-state index contributed by atoms with van der Waals surface area (Å²) in [7, 11) is 0. The van der Waals surface area contributed by atoms with Crippen LogP contribution in [-0.4, -0.2) is 4.98 Å². The van der Waals surface area contributed by atoms with E-state index < -0.39 is 0 Å². The molecule has 0 N–H and O–H groups in total. The van der Waals surface area contributed by atoms with Crippen LogP contribution in [0.3, 0.4) is 0 Å². The van der Waals surface area contributed by atoms with Gasteiger partial charge in [0.25, 0.3) is 0 Å². The lowest BCUT2D eigenvalue weighted by atomic mass is 10.1. The molecule has 0 aliphatic rings. The molecule has 2 heterocycles. The maximum absolute atomic E-state index is 4.79. The SMILES string of the molecule is C/C=C(\C)c1nc2ccccc2c2ccsc12. The molecule has 0 unspecified atom stereocenters. The average Bonchev–Trinajstić information content (AvgIpc) is 2.86. The van der Waals surface area contributed by atoms with Gasteiger partial charge >= 0.3 is 0 Å². The number of hydrogen-bond donors (Lipinski definition) is 0. The van der Waals surface area contributed by atoms with Crippen LogP contribution in [0.1, 0.15) is 19.5 Å². The fourth-order valence-corrected chi connectivity index (χ4v) is 3.04. The van der Waals surface area contributed by atoms with Crippen molar-refractivity contribution in [1.82, 2.24) is 4.98 Å². The predicted octanol–water partition coefficient (Wildman–Crippen LogP) is 4.87. The third-order valence-electron chi connectivity index (χ3n) is 3.11. The second-order valence-corrected chi connectivity index (χ2v) is 5.03. The number of allylic oxidation sites excluding steroid dienone is 2. The van der Waals surface area contributed by atoms with Crippen molar-refractivity contribution in [3.8, 4) is 0 Å². The van der Waals surface area contributed by atoms with Crippen molar-refractivity contribution in [2.24, 2.45) is 0 Å². The monoisotopic (exact) mass is 239 g/mol. The van der Waals surface area contributed by atoms with Crippen molar-refractivity contribution in [1.29, 1.82) is 0 Å². The molecule has 0 radical (unpaired) electrons. The van der Waals surface area contributed by atoms with Gasteiger partial charge in [-0.3, -0.25) is 0 Å². The number of thiophene rings is 1. The summed E-state index contributed by atoms with van der Waals surface area (Å²) in [6, 6.07) is 10.5. The van der Waals surface area contributed by atoms with Gasteiger partial charge in [0.05, 0.1) is 15.9 Å². The van der Waals surface area contributed by atoms with E-state index in [9.17, 15) is 0 Å². The zero-order chi connectivity index (χ0) is 11.8. The summed E-state index contributed by atoms with van der Waals surface area (Å²) in [4.78, 5) is 4.79. The van der Waals surface area contributed by atoms with Gasteiger partial charge in [0.1, 0.15) is 0 Å². The molecule has 84 valence electrons. The summed E-state index contributed by atoms with van der Waals surface area (Å²) in [5.41, 5.74) is 3.44. The summed E-state index contributed by atoms with van der Waals surface area (Å²) in [6.07, 6.45) is 2.12. The maximum Gasteiger partial charge on any atom is 0.0841 e. The Morgan fingerprint density at radius 1 is 1.18 bits per heavy atom. The molecule has 0 saturated carbocycles. The van der Waals surface area contributed by atoms with E-state index in [1.807, 2.05) is 6.07 Å². The molecule has 0 atom stereocenters. The Morgan fingerprint density at radius 3 is 2.82 bits per heavy atom. The molecule has 0 amide bonds. The minimum atomic E-state index is 1.08. The van der Waals surface area contributed by atoms with Crippen LogP contribution in [0.5, 0.6) is 0 Å². The first-order valence-electron chi connectivity index (χ1n) is 5.70. The van der Waals surface area contributed by atoms with Crippen molar-refractivity contribution in [2.75, 3.05) is 0 Å². The molecule has 3 rings (SSSR count). The van der Waals surface area contributed by atoms with Gasteiger partial charge < -0.3 is 0 Å². The van der Waals surface area contributed by atoms with Crippen LogP contribution in [0, 0.1) is 0 Å². The predicted molar refractivity (Wildman–Crippen MR) is 76.5 cm³/mol. The highest BCUT2D eigenvalue weighted by molar-refractivity contribution is 7.17. The van der Waals surface area contributed by atoms with Crippen LogP contribution >= 0.6 is 11.3 Å². The normalized spacial score (nSPS) is 12.5. The molecular weight excluding hydrogens is 226 g/mol. The van der Waals surface area contributed by atoms with Crippen molar-refractivity contribution in [3.05, 3.63) is 47.5 Å². The molecule has 0 spiro atoms. The highest BCUT2D eigenvalue weighted by Crippen LogP contribution is 2.33. The van der Waals surface area contributed by atoms with Gasteiger partial charge in [-0.05, 0) is 36.9 Å². The quantitative estimate of drug-likeness (QED) is 0.590. The topological polar surface area (TPSA) is 12.9 Å².